The van der Waals surface area contributed by atoms with Crippen molar-refractivity contribution in [2.75, 3.05) is 24.5 Å². The van der Waals surface area contributed by atoms with Gasteiger partial charge in [-0.25, -0.2) is 15.0 Å². The summed E-state index contributed by atoms with van der Waals surface area (Å²) in [5.41, 5.74) is 5.03. The Bertz CT molecular complexity index is 1330. The Balaban J connectivity index is 1.28. The fraction of sp³-hybridized carbons (Fsp3) is 0.400. The molecule has 0 amide bonds. The summed E-state index contributed by atoms with van der Waals surface area (Å²) < 4.78 is 5.70. The first kappa shape index (κ1) is 19.5. The van der Waals surface area contributed by atoms with Gasteiger partial charge in [-0.2, -0.15) is 0 Å². The third kappa shape index (κ3) is 3.46. The number of anilines is 1. The van der Waals surface area contributed by atoms with E-state index in [9.17, 15) is 5.11 Å². The van der Waals surface area contributed by atoms with Gasteiger partial charge in [0.1, 0.15) is 17.1 Å². The third-order valence-electron chi connectivity index (χ3n) is 6.71. The van der Waals surface area contributed by atoms with Gasteiger partial charge in [-0.05, 0) is 69.0 Å². The van der Waals surface area contributed by atoms with Crippen molar-refractivity contribution in [3.63, 3.8) is 0 Å². The molecule has 1 aromatic carbocycles. The lowest BCUT2D eigenvalue weighted by Crippen LogP contribution is -2.34. The van der Waals surface area contributed by atoms with Crippen LogP contribution in [0.1, 0.15) is 30.7 Å². The molecule has 7 nitrogen and oxygen atoms in total. The van der Waals surface area contributed by atoms with Crippen molar-refractivity contribution in [3.8, 4) is 17.0 Å². The van der Waals surface area contributed by atoms with Crippen LogP contribution in [0.25, 0.3) is 33.4 Å². The van der Waals surface area contributed by atoms with E-state index in [4.69, 9.17) is 14.4 Å². The van der Waals surface area contributed by atoms with Crippen LogP contribution in [0.15, 0.2) is 34.7 Å². The van der Waals surface area contributed by atoms with Crippen LogP contribution in [0, 0.1) is 19.8 Å². The number of nitrogens with zero attached hydrogens (tertiary/aromatic N) is 4. The van der Waals surface area contributed by atoms with E-state index in [1.807, 2.05) is 31.2 Å². The SMILES string of the molecule is Cc1nc2c(C)c(O)c(-c3ccc4nc(N5CCC(NCC6CC6)C5)ccc4n3)cc2o1. The second-order valence-corrected chi connectivity index (χ2v) is 9.16. The molecule has 1 unspecified atom stereocenters. The molecule has 3 aromatic heterocycles. The number of aromatic hydroxyl groups is 1. The van der Waals surface area contributed by atoms with Gasteiger partial charge < -0.3 is 19.7 Å². The van der Waals surface area contributed by atoms with E-state index >= 15 is 0 Å². The maximum atomic E-state index is 10.8. The fourth-order valence-electron chi connectivity index (χ4n) is 4.63. The summed E-state index contributed by atoms with van der Waals surface area (Å²) in [6.07, 6.45) is 3.92. The molecule has 164 valence electrons. The molecule has 1 aliphatic carbocycles. The summed E-state index contributed by atoms with van der Waals surface area (Å²) in [6, 6.07) is 10.3. The number of oxazole rings is 1. The van der Waals surface area contributed by atoms with E-state index in [0.29, 0.717) is 39.9 Å². The Hall–Kier alpha value is -3.19. The summed E-state index contributed by atoms with van der Waals surface area (Å²) in [6.45, 7) is 6.83. The number of rotatable bonds is 5. The summed E-state index contributed by atoms with van der Waals surface area (Å²) in [5.74, 6) is 2.67. The fourth-order valence-corrected chi connectivity index (χ4v) is 4.63. The lowest BCUT2D eigenvalue weighted by molar-refractivity contribution is 0.473. The van der Waals surface area contributed by atoms with Gasteiger partial charge in [-0.15, -0.1) is 0 Å². The maximum Gasteiger partial charge on any atom is 0.192 e. The molecule has 0 radical (unpaired) electrons. The van der Waals surface area contributed by atoms with Crippen molar-refractivity contribution >= 4 is 28.0 Å². The van der Waals surface area contributed by atoms with E-state index in [1.165, 1.54) is 12.8 Å². The Morgan fingerprint density at radius 3 is 2.72 bits per heavy atom. The zero-order chi connectivity index (χ0) is 21.8. The van der Waals surface area contributed by atoms with Crippen LogP contribution < -0.4 is 10.2 Å². The molecular formula is C25H27N5O2. The Morgan fingerprint density at radius 1 is 1.06 bits per heavy atom. The average molecular weight is 430 g/mol. The van der Waals surface area contributed by atoms with Gasteiger partial charge in [0.2, 0.25) is 0 Å². The highest BCUT2D eigenvalue weighted by Gasteiger charge is 2.27. The summed E-state index contributed by atoms with van der Waals surface area (Å²) in [7, 11) is 0. The number of nitrogens with one attached hydrogen (secondary N) is 1. The third-order valence-corrected chi connectivity index (χ3v) is 6.71. The molecule has 1 saturated heterocycles. The lowest BCUT2D eigenvalue weighted by Gasteiger charge is -2.18. The van der Waals surface area contributed by atoms with Crippen molar-refractivity contribution in [2.24, 2.45) is 5.92 Å². The predicted octanol–water partition coefficient (Wildman–Crippen LogP) is 4.34. The van der Waals surface area contributed by atoms with E-state index in [2.05, 4.69) is 21.3 Å². The average Bonchev–Trinajstić information content (AvgIpc) is 3.37. The van der Waals surface area contributed by atoms with Gasteiger partial charge in [0, 0.05) is 37.2 Å². The quantitative estimate of drug-likeness (QED) is 0.488. The summed E-state index contributed by atoms with van der Waals surface area (Å²) in [5, 5.41) is 14.5. The number of benzene rings is 1. The van der Waals surface area contributed by atoms with Crippen molar-refractivity contribution < 1.29 is 9.52 Å². The standard InChI is InChI=1S/C25H27N5O2/c1-14-24-22(32-15(2)27-24)11-18(25(14)31)19-5-6-21-20(28-19)7-8-23(29-21)30-10-9-17(13-30)26-12-16-3-4-16/h5-8,11,16-17,26,31H,3-4,9-10,12-13H2,1-2H3. The molecule has 4 aromatic rings. The predicted molar refractivity (Wildman–Crippen MR) is 125 cm³/mol. The van der Waals surface area contributed by atoms with Crippen molar-refractivity contribution in [2.45, 2.75) is 39.2 Å². The minimum atomic E-state index is 0.184. The highest BCUT2D eigenvalue weighted by atomic mass is 16.3. The molecular weight excluding hydrogens is 402 g/mol. The smallest absolute Gasteiger partial charge is 0.192 e. The van der Waals surface area contributed by atoms with Gasteiger partial charge in [-0.1, -0.05) is 0 Å². The van der Waals surface area contributed by atoms with Gasteiger partial charge in [0.05, 0.1) is 16.7 Å². The lowest BCUT2D eigenvalue weighted by atomic mass is 10.0. The Kier molecular flexibility index (Phi) is 4.54. The molecule has 6 rings (SSSR count). The molecule has 0 bridgehead atoms. The molecule has 0 spiro atoms. The number of phenols is 1. The first-order valence-corrected chi connectivity index (χ1v) is 11.4. The number of phenolic OH excluding ortho intramolecular Hbond substituents is 1. The first-order valence-electron chi connectivity index (χ1n) is 11.4. The van der Waals surface area contributed by atoms with E-state index in [1.54, 1.807) is 6.92 Å². The van der Waals surface area contributed by atoms with Crippen LogP contribution in [0.5, 0.6) is 5.75 Å². The minimum absolute atomic E-state index is 0.184. The van der Waals surface area contributed by atoms with Crippen LogP contribution in [0.3, 0.4) is 0 Å². The first-order chi connectivity index (χ1) is 15.5. The highest BCUT2D eigenvalue weighted by molar-refractivity contribution is 5.89. The molecule has 4 heterocycles. The van der Waals surface area contributed by atoms with Crippen LogP contribution in [0.4, 0.5) is 5.82 Å². The van der Waals surface area contributed by atoms with Gasteiger partial charge in [0.25, 0.3) is 0 Å². The number of aryl methyl sites for hydroxylation is 2. The van der Waals surface area contributed by atoms with E-state index in [-0.39, 0.29) is 5.75 Å². The number of fused-ring (bicyclic) bond motifs is 2. The van der Waals surface area contributed by atoms with Crippen LogP contribution in [-0.2, 0) is 0 Å². The van der Waals surface area contributed by atoms with Crippen LogP contribution in [0.2, 0.25) is 0 Å². The Labute approximate surface area is 186 Å². The second-order valence-electron chi connectivity index (χ2n) is 9.16. The zero-order valence-corrected chi connectivity index (χ0v) is 18.4. The van der Waals surface area contributed by atoms with Crippen molar-refractivity contribution in [3.05, 3.63) is 41.8 Å². The maximum absolute atomic E-state index is 10.8. The molecule has 32 heavy (non-hydrogen) atoms. The molecule has 2 aliphatic rings. The number of pyridine rings is 2. The Morgan fingerprint density at radius 2 is 1.88 bits per heavy atom. The molecule has 1 aliphatic heterocycles. The summed E-state index contributed by atoms with van der Waals surface area (Å²) in [4.78, 5) is 16.4. The normalized spacial score (nSPS) is 18.8. The minimum Gasteiger partial charge on any atom is -0.507 e. The van der Waals surface area contributed by atoms with Gasteiger partial charge in [0.15, 0.2) is 11.5 Å². The van der Waals surface area contributed by atoms with Gasteiger partial charge in [-0.3, -0.25) is 0 Å². The van der Waals surface area contributed by atoms with E-state index in [0.717, 1.165) is 48.8 Å². The van der Waals surface area contributed by atoms with Crippen LogP contribution in [-0.4, -0.2) is 45.7 Å². The number of hydrogen-bond acceptors (Lipinski definition) is 7. The van der Waals surface area contributed by atoms with Gasteiger partial charge >= 0.3 is 0 Å². The zero-order valence-electron chi connectivity index (χ0n) is 18.4. The number of aromatic nitrogens is 3. The van der Waals surface area contributed by atoms with Crippen molar-refractivity contribution in [1.82, 2.24) is 20.3 Å². The van der Waals surface area contributed by atoms with Crippen LogP contribution >= 0.6 is 0 Å². The molecule has 1 atom stereocenters. The molecule has 2 N–H and O–H groups in total. The monoisotopic (exact) mass is 429 g/mol. The van der Waals surface area contributed by atoms with Crippen molar-refractivity contribution in [1.29, 1.82) is 0 Å². The molecule has 2 fully saturated rings. The largest absolute Gasteiger partial charge is 0.507 e. The highest BCUT2D eigenvalue weighted by Crippen LogP contribution is 2.37. The topological polar surface area (TPSA) is 87.3 Å². The molecule has 7 heteroatoms. The van der Waals surface area contributed by atoms with E-state index < -0.39 is 0 Å². The summed E-state index contributed by atoms with van der Waals surface area (Å²) >= 11 is 0. The second kappa shape index (κ2) is 7.45. The molecule has 1 saturated carbocycles. The number of hydrogen-bond donors (Lipinski definition) is 2.